The fraction of sp³-hybridized carbons (Fsp3) is 0.444. The monoisotopic (exact) mass is 379 g/mol. The molecule has 1 saturated heterocycles. The molecule has 2 unspecified atom stereocenters. The van der Waals surface area contributed by atoms with E-state index in [4.69, 9.17) is 0 Å². The van der Waals surface area contributed by atoms with E-state index >= 15 is 0 Å². The van der Waals surface area contributed by atoms with Crippen molar-refractivity contribution in [3.05, 3.63) is 51.7 Å². The molecule has 1 aromatic carbocycles. The van der Waals surface area contributed by atoms with Gasteiger partial charge in [0, 0.05) is 22.3 Å². The number of benzene rings is 1. The van der Waals surface area contributed by atoms with Crippen LogP contribution in [0.2, 0.25) is 0 Å². The van der Waals surface area contributed by atoms with Gasteiger partial charge in [-0.05, 0) is 44.7 Å². The number of hydrogen-bond acceptors (Lipinski definition) is 5. The molecule has 0 radical (unpaired) electrons. The zero-order valence-electron chi connectivity index (χ0n) is 14.6. The molecule has 1 aromatic heterocycles. The summed E-state index contributed by atoms with van der Waals surface area (Å²) in [5.74, 6) is 0. The molecule has 25 heavy (non-hydrogen) atoms. The number of hydrogen-bond donors (Lipinski definition) is 3. The van der Waals surface area contributed by atoms with Crippen LogP contribution in [0.4, 0.5) is 0 Å². The summed E-state index contributed by atoms with van der Waals surface area (Å²) in [6.45, 7) is 4.43. The van der Waals surface area contributed by atoms with Crippen molar-refractivity contribution in [1.29, 1.82) is 0 Å². The molecule has 1 aliphatic rings. The smallest absolute Gasteiger partial charge is 0.241 e. The Morgan fingerprint density at radius 1 is 1.24 bits per heavy atom. The van der Waals surface area contributed by atoms with Crippen molar-refractivity contribution in [1.82, 2.24) is 15.6 Å². The van der Waals surface area contributed by atoms with Crippen LogP contribution in [0, 0.1) is 6.92 Å². The molecule has 0 saturated carbocycles. The Kier molecular flexibility index (Phi) is 5.91. The summed E-state index contributed by atoms with van der Waals surface area (Å²) in [4.78, 5) is 2.32. The molecule has 136 valence electrons. The van der Waals surface area contributed by atoms with E-state index in [1.54, 1.807) is 11.3 Å². The van der Waals surface area contributed by atoms with Crippen LogP contribution in [0.1, 0.15) is 41.1 Å². The first-order valence-corrected chi connectivity index (χ1v) is 10.9. The van der Waals surface area contributed by atoms with Gasteiger partial charge in [-0.25, -0.2) is 18.6 Å². The molecule has 0 bridgehead atoms. The van der Waals surface area contributed by atoms with Gasteiger partial charge >= 0.3 is 0 Å². The molecule has 2 atom stereocenters. The number of thiophene rings is 1. The number of nitrogens with one attached hydrogen (secondary N) is 3. The normalized spacial score (nSPS) is 20.9. The zero-order valence-corrected chi connectivity index (χ0v) is 16.2. The van der Waals surface area contributed by atoms with Crippen LogP contribution >= 0.6 is 11.3 Å². The highest BCUT2D eigenvalue weighted by Gasteiger charge is 2.27. The highest BCUT2D eigenvalue weighted by atomic mass is 32.2. The van der Waals surface area contributed by atoms with E-state index in [1.807, 2.05) is 31.2 Å². The predicted molar refractivity (Wildman–Crippen MR) is 102 cm³/mol. The maximum atomic E-state index is 12.6. The molecular weight excluding hydrogens is 354 g/mol. The number of hydrazine groups is 1. The molecule has 3 N–H and O–H groups in total. The third kappa shape index (κ3) is 4.68. The second kappa shape index (κ2) is 7.97. The molecule has 2 heterocycles. The van der Waals surface area contributed by atoms with Crippen LogP contribution in [-0.2, 0) is 16.4 Å². The Bertz CT molecular complexity index is 803. The van der Waals surface area contributed by atoms with E-state index in [2.05, 4.69) is 34.6 Å². The highest BCUT2D eigenvalue weighted by molar-refractivity contribution is 7.89. The van der Waals surface area contributed by atoms with Crippen LogP contribution < -0.4 is 15.6 Å². The molecule has 2 aromatic rings. The van der Waals surface area contributed by atoms with Gasteiger partial charge in [0.05, 0.1) is 10.9 Å². The van der Waals surface area contributed by atoms with E-state index in [1.165, 1.54) is 5.56 Å². The lowest BCUT2D eigenvalue weighted by atomic mass is 10.1. The first-order valence-electron chi connectivity index (χ1n) is 8.60. The molecule has 0 aliphatic carbocycles. The quantitative estimate of drug-likeness (QED) is 0.647. The van der Waals surface area contributed by atoms with Gasteiger partial charge in [-0.2, -0.15) is 0 Å². The van der Waals surface area contributed by atoms with Crippen molar-refractivity contribution in [2.75, 3.05) is 6.54 Å². The molecule has 1 fully saturated rings. The van der Waals surface area contributed by atoms with E-state index < -0.39 is 10.0 Å². The van der Waals surface area contributed by atoms with Crippen molar-refractivity contribution in [2.45, 2.75) is 50.1 Å². The van der Waals surface area contributed by atoms with Gasteiger partial charge in [0.25, 0.3) is 0 Å². The maximum absolute atomic E-state index is 12.6. The molecule has 5 nitrogen and oxygen atoms in total. The van der Waals surface area contributed by atoms with Crippen LogP contribution in [0.3, 0.4) is 0 Å². The van der Waals surface area contributed by atoms with E-state index in [0.717, 1.165) is 29.0 Å². The Morgan fingerprint density at radius 2 is 2.00 bits per heavy atom. The van der Waals surface area contributed by atoms with Gasteiger partial charge in [-0.3, -0.25) is 5.43 Å². The summed E-state index contributed by atoms with van der Waals surface area (Å²) in [5, 5.41) is 0. The zero-order chi connectivity index (χ0) is 17.9. The van der Waals surface area contributed by atoms with Crippen LogP contribution in [0.5, 0.6) is 0 Å². The first kappa shape index (κ1) is 18.5. The second-order valence-electron chi connectivity index (χ2n) is 6.53. The van der Waals surface area contributed by atoms with Gasteiger partial charge in [-0.1, -0.05) is 30.3 Å². The lowest BCUT2D eigenvalue weighted by Crippen LogP contribution is -2.28. The largest absolute Gasteiger partial charge is 0.254 e. The average molecular weight is 380 g/mol. The Morgan fingerprint density at radius 3 is 2.68 bits per heavy atom. The molecule has 0 spiro atoms. The SMILES string of the molecule is Cc1sc(C2CC(C)NN2)cc1S(=O)(=O)NCCCc1ccccc1. The summed E-state index contributed by atoms with van der Waals surface area (Å²) in [6, 6.07) is 12.5. The molecular formula is C18H25N3O2S2. The van der Waals surface area contributed by atoms with E-state index in [-0.39, 0.29) is 6.04 Å². The molecule has 3 rings (SSSR count). The lowest BCUT2D eigenvalue weighted by Gasteiger charge is -2.07. The van der Waals surface area contributed by atoms with Crippen molar-refractivity contribution in [2.24, 2.45) is 0 Å². The van der Waals surface area contributed by atoms with Crippen molar-refractivity contribution >= 4 is 21.4 Å². The third-order valence-corrected chi connectivity index (χ3v) is 7.28. The van der Waals surface area contributed by atoms with Gasteiger partial charge in [0.1, 0.15) is 0 Å². The number of sulfonamides is 1. The van der Waals surface area contributed by atoms with E-state index in [0.29, 0.717) is 17.5 Å². The number of rotatable bonds is 7. The molecule has 1 aliphatic heterocycles. The summed E-state index contributed by atoms with van der Waals surface area (Å²) in [5.41, 5.74) is 7.64. The summed E-state index contributed by atoms with van der Waals surface area (Å²) >= 11 is 1.55. The third-order valence-electron chi connectivity index (χ3n) is 4.39. The molecule has 7 heteroatoms. The minimum Gasteiger partial charge on any atom is -0.254 e. The van der Waals surface area contributed by atoms with Crippen molar-refractivity contribution < 1.29 is 8.42 Å². The summed E-state index contributed by atoms with van der Waals surface area (Å²) in [6.07, 6.45) is 2.61. The minimum absolute atomic E-state index is 0.181. The van der Waals surface area contributed by atoms with Gasteiger partial charge in [0.2, 0.25) is 10.0 Å². The van der Waals surface area contributed by atoms with Crippen LogP contribution in [0.25, 0.3) is 0 Å². The number of aryl methyl sites for hydroxylation is 2. The Labute approximate surface area is 153 Å². The van der Waals surface area contributed by atoms with Gasteiger partial charge in [0.15, 0.2) is 0 Å². The lowest BCUT2D eigenvalue weighted by molar-refractivity contribution is 0.563. The Hall–Kier alpha value is -1.25. The first-order chi connectivity index (χ1) is 12.0. The fourth-order valence-electron chi connectivity index (χ4n) is 3.05. The van der Waals surface area contributed by atoms with E-state index in [9.17, 15) is 8.42 Å². The summed E-state index contributed by atoms with van der Waals surface area (Å²) < 4.78 is 28.0. The standard InChI is InChI=1S/C18H25N3O2S2/c1-13-11-16(21-20-13)17-12-18(14(2)24-17)25(22,23)19-10-6-9-15-7-4-3-5-8-15/h3-5,7-8,12-13,16,19-21H,6,9-11H2,1-2H3. The van der Waals surface area contributed by atoms with Crippen molar-refractivity contribution in [3.8, 4) is 0 Å². The fourth-order valence-corrected chi connectivity index (χ4v) is 5.79. The predicted octanol–water partition coefficient (Wildman–Crippen LogP) is 2.90. The van der Waals surface area contributed by atoms with Gasteiger partial charge in [-0.15, -0.1) is 11.3 Å². The Balaban J connectivity index is 1.59. The summed E-state index contributed by atoms with van der Waals surface area (Å²) in [7, 11) is -3.46. The minimum atomic E-state index is -3.46. The molecule has 0 amide bonds. The van der Waals surface area contributed by atoms with Crippen LogP contribution in [-0.4, -0.2) is 21.0 Å². The van der Waals surface area contributed by atoms with Crippen molar-refractivity contribution in [3.63, 3.8) is 0 Å². The highest BCUT2D eigenvalue weighted by Crippen LogP contribution is 2.33. The second-order valence-corrected chi connectivity index (χ2v) is 9.56. The van der Waals surface area contributed by atoms with Gasteiger partial charge < -0.3 is 0 Å². The topological polar surface area (TPSA) is 70.2 Å². The maximum Gasteiger partial charge on any atom is 0.241 e. The van der Waals surface area contributed by atoms with Crippen LogP contribution in [0.15, 0.2) is 41.3 Å². The average Bonchev–Trinajstić information content (AvgIpc) is 3.19.